The third-order valence-corrected chi connectivity index (χ3v) is 18.0. The van der Waals surface area contributed by atoms with E-state index in [1.165, 1.54) is 49.8 Å². The first-order valence-electron chi connectivity index (χ1n) is 29.5. The molecular weight excluding hydrogens is 1290 g/mol. The number of ether oxygens (including phenoxy) is 2. The van der Waals surface area contributed by atoms with Gasteiger partial charge in [-0.05, 0) is 99.9 Å². The minimum Gasteiger partial charge on any atom is -0.493 e. The number of fused-ring (bicyclic) bond motifs is 2. The second-order valence-electron chi connectivity index (χ2n) is 23.7. The number of anilines is 2. The maximum absolute atomic E-state index is 13.3. The van der Waals surface area contributed by atoms with Gasteiger partial charge in [-0.3, -0.25) is 28.3 Å². The highest BCUT2D eigenvalue weighted by Crippen LogP contribution is 2.37. The molecule has 2 fully saturated rings. The molecule has 28 nitrogen and oxygen atoms in total. The number of nitrogens with two attached hydrogens (primary N) is 2. The van der Waals surface area contributed by atoms with E-state index in [1.807, 2.05) is 12.1 Å². The molecule has 0 aliphatic carbocycles. The Morgan fingerprint density at radius 1 is 0.656 bits per heavy atom. The third kappa shape index (κ3) is 16.9. The number of thiazole rings is 2. The molecule has 500 valence electrons. The molecular formula is C61H78N12O16S4+2. The molecule has 0 unspecified atom stereocenters. The van der Waals surface area contributed by atoms with Gasteiger partial charge in [-0.25, -0.2) is 19.1 Å². The molecule has 4 amide bonds. The summed E-state index contributed by atoms with van der Waals surface area (Å²) < 4.78 is 87.6. The average Bonchev–Trinajstić information content (AvgIpc) is 1.01. The molecule has 8 heterocycles. The number of nitrogens with zero attached hydrogens (tertiary/aromatic N) is 8. The summed E-state index contributed by atoms with van der Waals surface area (Å²) in [5, 5.41) is 17.5. The van der Waals surface area contributed by atoms with E-state index >= 15 is 0 Å². The Morgan fingerprint density at radius 3 is 1.35 bits per heavy atom. The van der Waals surface area contributed by atoms with Crippen LogP contribution in [0, 0.1) is 11.8 Å². The van der Waals surface area contributed by atoms with Crippen LogP contribution < -0.4 is 40.7 Å². The average molecular weight is 1360 g/mol. The number of benzene rings is 2. The molecule has 10 rings (SSSR count). The monoisotopic (exact) mass is 1360 g/mol. The van der Waals surface area contributed by atoms with Gasteiger partial charge in [0.15, 0.2) is 45.5 Å². The Kier molecular flexibility index (Phi) is 22.3. The summed E-state index contributed by atoms with van der Waals surface area (Å²) in [5.41, 5.74) is 17.8. The van der Waals surface area contributed by atoms with Crippen molar-refractivity contribution in [3.05, 3.63) is 118 Å². The van der Waals surface area contributed by atoms with E-state index in [9.17, 15) is 36.0 Å². The van der Waals surface area contributed by atoms with E-state index in [4.69, 9.17) is 39.7 Å². The van der Waals surface area contributed by atoms with E-state index in [-0.39, 0.29) is 65.6 Å². The summed E-state index contributed by atoms with van der Waals surface area (Å²) in [6.45, 7) is 11.2. The van der Waals surface area contributed by atoms with Crippen molar-refractivity contribution in [3.8, 4) is 33.8 Å². The zero-order chi connectivity index (χ0) is 66.5. The van der Waals surface area contributed by atoms with Gasteiger partial charge in [0.25, 0.3) is 23.6 Å². The van der Waals surface area contributed by atoms with Crippen LogP contribution >= 0.6 is 22.7 Å². The fraction of sp³-hybridized carbons (Fsp3) is 0.443. The lowest BCUT2D eigenvalue weighted by molar-refractivity contribution is -0.678. The topological polar surface area (TPSA) is 373 Å². The summed E-state index contributed by atoms with van der Waals surface area (Å²) >= 11 is 2.19. The number of β-lactam (4-membered cyclic amide) rings is 2. The number of aromatic nitrogens is 4. The summed E-state index contributed by atoms with van der Waals surface area (Å²) in [6, 6.07) is 18.6. The predicted molar refractivity (Wildman–Crippen MR) is 344 cm³/mol. The van der Waals surface area contributed by atoms with Crippen LogP contribution in [0.2, 0.25) is 0 Å². The standard InChI is InChI=1S/2C30H36N6O8S2.CH4/c2*1-5-6-7-22-11-10-21(14-35(22)4)19-8-9-20-12-18(15-42-24(20)13-19)16-43-34-25(23-17-45-29(31)32-23)27(37)33-26-28(38)36(30(26,2)3)44-46(39,40)41;/h2*8-11,13-14,17-18,26H,5-7,12,15-16H2,1-4H3,(H3-,31,32,33,37,39,40,41);1H4/p+2/b2*34-25-;/t18-,26+;18-,26-;/m01./s1. The zero-order valence-corrected chi connectivity index (χ0v) is 55.1. The molecule has 0 spiro atoms. The minimum absolute atomic E-state index is 0. The number of oxime groups is 2. The molecule has 2 saturated heterocycles. The van der Waals surface area contributed by atoms with Crippen molar-refractivity contribution < 1.29 is 82.0 Å². The summed E-state index contributed by atoms with van der Waals surface area (Å²) in [7, 11) is -5.75. The Bertz CT molecular complexity index is 3810. The van der Waals surface area contributed by atoms with E-state index in [1.54, 1.807) is 0 Å². The molecule has 4 atom stereocenters. The molecule has 0 saturated carbocycles. The Hall–Kier alpha value is -8.24. The normalized spacial score (nSPS) is 19.0. The van der Waals surface area contributed by atoms with Gasteiger partial charge < -0.3 is 41.2 Å². The molecule has 0 radical (unpaired) electrons. The Labute approximate surface area is 547 Å². The van der Waals surface area contributed by atoms with Crippen LogP contribution in [0.4, 0.5) is 10.3 Å². The first-order valence-corrected chi connectivity index (χ1v) is 34.0. The second kappa shape index (κ2) is 29.4. The fourth-order valence-corrected chi connectivity index (χ4v) is 12.8. The number of pyridine rings is 2. The number of carbonyl (C=O) groups excluding carboxylic acids is 4. The van der Waals surface area contributed by atoms with Gasteiger partial charge in [-0.2, -0.15) is 27.0 Å². The van der Waals surface area contributed by atoms with Crippen molar-refractivity contribution in [1.29, 1.82) is 0 Å². The van der Waals surface area contributed by atoms with Gasteiger partial charge in [0.2, 0.25) is 0 Å². The van der Waals surface area contributed by atoms with Gasteiger partial charge >= 0.3 is 20.8 Å². The third-order valence-electron chi connectivity index (χ3n) is 16.0. The number of nitrogen functional groups attached to an aromatic ring is 2. The highest BCUT2D eigenvalue weighted by Gasteiger charge is 2.59. The number of hydroxylamine groups is 4. The largest absolute Gasteiger partial charge is 0.493 e. The number of unbranched alkanes of at least 4 members (excludes halogenated alkanes) is 2. The Morgan fingerprint density at radius 2 is 1.03 bits per heavy atom. The predicted octanol–water partition coefficient (Wildman–Crippen LogP) is 5.38. The molecule has 6 aromatic rings. The van der Waals surface area contributed by atoms with E-state index in [2.05, 4.69) is 137 Å². The van der Waals surface area contributed by atoms with Gasteiger partial charge in [0.05, 0.1) is 24.3 Å². The number of nitrogens with one attached hydrogen (secondary N) is 2. The molecule has 93 heavy (non-hydrogen) atoms. The maximum atomic E-state index is 13.3. The number of rotatable bonds is 24. The number of carbonyl (C=O) groups is 4. The highest BCUT2D eigenvalue weighted by atomic mass is 32.3. The second-order valence-corrected chi connectivity index (χ2v) is 27.4. The molecule has 32 heteroatoms. The number of amides is 4. The summed E-state index contributed by atoms with van der Waals surface area (Å²) in [6.07, 6.45) is 12.3. The molecule has 4 aliphatic rings. The van der Waals surface area contributed by atoms with Gasteiger partial charge in [-0.15, -0.1) is 31.2 Å². The van der Waals surface area contributed by atoms with Crippen molar-refractivity contribution in [2.45, 2.75) is 123 Å². The Balaban J connectivity index is 0.000000236. The van der Waals surface area contributed by atoms with Crippen LogP contribution in [-0.4, -0.2) is 131 Å². The minimum atomic E-state index is -4.94. The summed E-state index contributed by atoms with van der Waals surface area (Å²) in [5.74, 6) is -1.84. The van der Waals surface area contributed by atoms with Gasteiger partial charge in [0, 0.05) is 58.7 Å². The van der Waals surface area contributed by atoms with Crippen molar-refractivity contribution in [1.82, 2.24) is 30.7 Å². The lowest BCUT2D eigenvalue weighted by atomic mass is 9.84. The van der Waals surface area contributed by atoms with Crippen LogP contribution in [0.5, 0.6) is 11.5 Å². The SMILES string of the molecule is C.CCCCc1ccc(-c2ccc3c(c2)OC[C@@H](CO/N=C(\C(=O)N[C@@H]2C(=O)N(OS(=O)(=O)O)C2(C)C)c2csc(N)n2)C3)c[n+]1C.CCCCc1ccc(-c2ccc3c(c2)OC[C@H](CO/N=C(\C(=O)N[C@@H]2C(=O)N(OS(=O)(=O)O)C2(C)C)c2csc(N)n2)C3)c[n+]1C. The summed E-state index contributed by atoms with van der Waals surface area (Å²) in [4.78, 5) is 71.0. The number of aryl methyl sites for hydroxylation is 4. The fourth-order valence-electron chi connectivity index (χ4n) is 10.8. The molecule has 0 bridgehead atoms. The van der Waals surface area contributed by atoms with Crippen molar-refractivity contribution in [2.75, 3.05) is 37.9 Å². The highest BCUT2D eigenvalue weighted by molar-refractivity contribution is 7.81. The van der Waals surface area contributed by atoms with Crippen LogP contribution in [0.25, 0.3) is 22.3 Å². The van der Waals surface area contributed by atoms with Gasteiger partial charge in [-0.1, -0.05) is 68.7 Å². The zero-order valence-electron chi connectivity index (χ0n) is 51.9. The van der Waals surface area contributed by atoms with Crippen LogP contribution in [-0.2, 0) is 98.0 Å². The smallest absolute Gasteiger partial charge is 0.418 e. The van der Waals surface area contributed by atoms with Crippen LogP contribution in [0.15, 0.2) is 94.1 Å². The number of hydrogen-bond donors (Lipinski definition) is 6. The van der Waals surface area contributed by atoms with Crippen molar-refractivity contribution in [2.24, 2.45) is 36.2 Å². The van der Waals surface area contributed by atoms with Crippen LogP contribution in [0.1, 0.15) is 109 Å². The van der Waals surface area contributed by atoms with E-state index in [0.29, 0.717) is 36.2 Å². The van der Waals surface area contributed by atoms with Gasteiger partial charge in [0.1, 0.15) is 62.3 Å². The van der Waals surface area contributed by atoms with E-state index < -0.39 is 67.6 Å². The van der Waals surface area contributed by atoms with Crippen molar-refractivity contribution >= 4 is 88.8 Å². The maximum Gasteiger partial charge on any atom is 0.418 e. The molecule has 2 aromatic carbocycles. The number of hydrogen-bond acceptors (Lipinski definition) is 22. The van der Waals surface area contributed by atoms with Crippen molar-refractivity contribution in [3.63, 3.8) is 0 Å². The lowest BCUT2D eigenvalue weighted by Crippen LogP contribution is -2.76. The molecule has 4 aromatic heterocycles. The molecule has 4 aliphatic heterocycles. The van der Waals surface area contributed by atoms with Crippen LogP contribution in [0.3, 0.4) is 0 Å². The first kappa shape index (κ1) is 70.6. The van der Waals surface area contributed by atoms with E-state index in [0.717, 1.165) is 106 Å². The molecule has 8 N–H and O–H groups in total. The quantitative estimate of drug-likeness (QED) is 0.0146. The lowest BCUT2D eigenvalue weighted by Gasteiger charge is -2.50. The first-order chi connectivity index (χ1) is 43.5.